The van der Waals surface area contributed by atoms with Crippen LogP contribution in [0.2, 0.25) is 10.3 Å². The zero-order valence-corrected chi connectivity index (χ0v) is 11.4. The molecule has 1 aromatic carbocycles. The molecule has 0 spiro atoms. The Morgan fingerprint density at radius 1 is 1.37 bits per heavy atom. The van der Waals surface area contributed by atoms with Crippen molar-refractivity contribution >= 4 is 45.8 Å². The third kappa shape index (κ3) is 3.44. The molecule has 0 fully saturated rings. The zero-order chi connectivity index (χ0) is 13.8. The first-order valence-corrected chi connectivity index (χ1v) is 6.02. The maximum atomic E-state index is 11.3. The van der Waals surface area contributed by atoms with Crippen molar-refractivity contribution in [3.63, 3.8) is 0 Å². The second-order valence-electron chi connectivity index (χ2n) is 3.61. The molecule has 0 radical (unpaired) electrons. The van der Waals surface area contributed by atoms with Crippen molar-refractivity contribution < 1.29 is 9.53 Å². The van der Waals surface area contributed by atoms with E-state index in [1.54, 1.807) is 18.2 Å². The summed E-state index contributed by atoms with van der Waals surface area (Å²) in [5.74, 6) is 0.0514. The highest BCUT2D eigenvalue weighted by Crippen LogP contribution is 2.24. The molecule has 1 heterocycles. The lowest BCUT2D eigenvalue weighted by Gasteiger charge is -2.10. The van der Waals surface area contributed by atoms with E-state index < -0.39 is 0 Å². The average Bonchev–Trinajstić information content (AvgIpc) is 2.35. The molecule has 2 N–H and O–H groups in total. The number of anilines is 1. The first-order valence-electron chi connectivity index (χ1n) is 5.27. The summed E-state index contributed by atoms with van der Waals surface area (Å²) in [6.07, 6.45) is 0. The predicted molar refractivity (Wildman–Crippen MR) is 73.2 cm³/mol. The molecule has 0 aliphatic carbocycles. The van der Waals surface area contributed by atoms with Crippen molar-refractivity contribution in [2.75, 3.05) is 19.1 Å². The summed E-state index contributed by atoms with van der Waals surface area (Å²) in [6.45, 7) is -0.0599. The second-order valence-corrected chi connectivity index (χ2v) is 4.38. The number of carbonyl (C=O) groups excluding carboxylic acids is 1. The molecular formula is C11H10Cl2N4O2. The summed E-state index contributed by atoms with van der Waals surface area (Å²) in [7, 11) is 1.43. The number of methoxy groups -OCH3 is 1. The molecule has 6 nitrogen and oxygen atoms in total. The lowest BCUT2D eigenvalue weighted by molar-refractivity contribution is -0.124. The Bertz CT molecular complexity index is 616. The number of nitrogens with one attached hydrogen (secondary N) is 2. The first kappa shape index (κ1) is 13.8. The Hall–Kier alpha value is -1.63. The van der Waals surface area contributed by atoms with E-state index in [-0.39, 0.29) is 17.8 Å². The smallest absolute Gasteiger partial charge is 0.264 e. The van der Waals surface area contributed by atoms with Gasteiger partial charge in [-0.1, -0.05) is 11.6 Å². The summed E-state index contributed by atoms with van der Waals surface area (Å²) < 4.78 is 4.69. The van der Waals surface area contributed by atoms with E-state index in [4.69, 9.17) is 27.9 Å². The summed E-state index contributed by atoms with van der Waals surface area (Å²) in [6, 6.07) is 5.09. The number of amides is 1. The predicted octanol–water partition coefficient (Wildman–Crippen LogP) is 2.03. The minimum absolute atomic E-state index is 0.0539. The third-order valence-electron chi connectivity index (χ3n) is 2.23. The highest BCUT2D eigenvalue weighted by Gasteiger charge is 2.08. The first-order chi connectivity index (χ1) is 9.10. The van der Waals surface area contributed by atoms with Crippen LogP contribution in [0, 0.1) is 0 Å². The molecule has 100 valence electrons. The van der Waals surface area contributed by atoms with Crippen molar-refractivity contribution in [2.24, 2.45) is 0 Å². The number of benzene rings is 1. The Kier molecular flexibility index (Phi) is 4.36. The maximum absolute atomic E-state index is 11.3. The Morgan fingerprint density at radius 2 is 2.16 bits per heavy atom. The lowest BCUT2D eigenvalue weighted by atomic mass is 10.2. The van der Waals surface area contributed by atoms with E-state index in [9.17, 15) is 4.79 Å². The van der Waals surface area contributed by atoms with Crippen LogP contribution in [0.5, 0.6) is 0 Å². The van der Waals surface area contributed by atoms with Crippen LogP contribution < -0.4 is 10.9 Å². The molecule has 0 saturated carbocycles. The van der Waals surface area contributed by atoms with Gasteiger partial charge >= 0.3 is 0 Å². The quantitative estimate of drug-likeness (QED) is 0.667. The SMILES string of the molecule is COCC(=O)NNc1nc(Cl)nc2cc(Cl)ccc12. The van der Waals surface area contributed by atoms with Crippen molar-refractivity contribution in [1.82, 2.24) is 15.4 Å². The number of rotatable bonds is 4. The molecule has 19 heavy (non-hydrogen) atoms. The van der Waals surface area contributed by atoms with Gasteiger partial charge < -0.3 is 4.74 Å². The van der Waals surface area contributed by atoms with Gasteiger partial charge in [-0.05, 0) is 29.8 Å². The standard InChI is InChI=1S/C11H10Cl2N4O2/c1-19-5-9(18)16-17-10-7-3-2-6(12)4-8(7)14-11(13)15-10/h2-4H,5H2,1H3,(H,16,18)(H,14,15,17). The molecule has 0 aliphatic rings. The van der Waals surface area contributed by atoms with Gasteiger partial charge in [0.25, 0.3) is 5.91 Å². The van der Waals surface area contributed by atoms with Crippen LogP contribution in [0.15, 0.2) is 18.2 Å². The topological polar surface area (TPSA) is 76.1 Å². The van der Waals surface area contributed by atoms with Gasteiger partial charge in [0, 0.05) is 17.5 Å². The van der Waals surface area contributed by atoms with Gasteiger partial charge in [0.1, 0.15) is 6.61 Å². The Labute approximate surface area is 119 Å². The molecule has 2 aromatic rings. The number of fused-ring (bicyclic) bond motifs is 1. The zero-order valence-electron chi connectivity index (χ0n) is 9.91. The number of halogens is 2. The van der Waals surface area contributed by atoms with Crippen LogP contribution in [-0.4, -0.2) is 29.6 Å². The van der Waals surface area contributed by atoms with Crippen LogP contribution in [0.3, 0.4) is 0 Å². The second kappa shape index (κ2) is 6.01. The molecule has 0 unspecified atom stereocenters. The fourth-order valence-electron chi connectivity index (χ4n) is 1.47. The summed E-state index contributed by atoms with van der Waals surface area (Å²) in [4.78, 5) is 19.4. The highest BCUT2D eigenvalue weighted by atomic mass is 35.5. The number of hydrazine groups is 1. The number of carbonyl (C=O) groups is 1. The minimum atomic E-state index is -0.334. The molecule has 1 aromatic heterocycles. The van der Waals surface area contributed by atoms with Crippen LogP contribution in [0.25, 0.3) is 10.9 Å². The van der Waals surface area contributed by atoms with E-state index in [1.807, 2.05) is 0 Å². The van der Waals surface area contributed by atoms with Gasteiger partial charge in [-0.3, -0.25) is 15.6 Å². The summed E-state index contributed by atoms with van der Waals surface area (Å²) in [5.41, 5.74) is 5.69. The third-order valence-corrected chi connectivity index (χ3v) is 2.63. The molecule has 0 aliphatic heterocycles. The van der Waals surface area contributed by atoms with Crippen molar-refractivity contribution in [2.45, 2.75) is 0 Å². The van der Waals surface area contributed by atoms with Gasteiger partial charge in [0.2, 0.25) is 5.28 Å². The number of ether oxygens (including phenoxy) is 1. The van der Waals surface area contributed by atoms with E-state index in [0.29, 0.717) is 21.7 Å². The summed E-state index contributed by atoms with van der Waals surface area (Å²) in [5, 5.41) is 1.28. The fraction of sp³-hybridized carbons (Fsp3) is 0.182. The molecule has 2 rings (SSSR count). The largest absolute Gasteiger partial charge is 0.375 e. The van der Waals surface area contributed by atoms with Crippen molar-refractivity contribution in [3.05, 3.63) is 28.5 Å². The van der Waals surface area contributed by atoms with E-state index in [2.05, 4.69) is 20.8 Å². The minimum Gasteiger partial charge on any atom is -0.375 e. The normalized spacial score (nSPS) is 10.5. The van der Waals surface area contributed by atoms with Gasteiger partial charge in [-0.2, -0.15) is 4.98 Å². The van der Waals surface area contributed by atoms with Gasteiger partial charge in [0.05, 0.1) is 5.52 Å². The summed E-state index contributed by atoms with van der Waals surface area (Å²) >= 11 is 11.7. The van der Waals surface area contributed by atoms with Crippen LogP contribution in [-0.2, 0) is 9.53 Å². The van der Waals surface area contributed by atoms with Gasteiger partial charge in [-0.25, -0.2) is 4.98 Å². The Morgan fingerprint density at radius 3 is 2.89 bits per heavy atom. The maximum Gasteiger partial charge on any atom is 0.264 e. The van der Waals surface area contributed by atoms with Crippen molar-refractivity contribution in [1.29, 1.82) is 0 Å². The highest BCUT2D eigenvalue weighted by molar-refractivity contribution is 6.31. The van der Waals surface area contributed by atoms with Gasteiger partial charge in [0.15, 0.2) is 5.82 Å². The Balaban J connectivity index is 2.29. The molecule has 1 amide bonds. The molecular weight excluding hydrogens is 291 g/mol. The van der Waals surface area contributed by atoms with Crippen molar-refractivity contribution in [3.8, 4) is 0 Å². The van der Waals surface area contributed by atoms with E-state index in [1.165, 1.54) is 7.11 Å². The average molecular weight is 301 g/mol. The fourth-order valence-corrected chi connectivity index (χ4v) is 1.81. The lowest BCUT2D eigenvalue weighted by Crippen LogP contribution is -2.32. The van der Waals surface area contributed by atoms with E-state index in [0.717, 1.165) is 0 Å². The molecule has 0 saturated heterocycles. The van der Waals surface area contributed by atoms with Crippen LogP contribution in [0.1, 0.15) is 0 Å². The number of hydrogen-bond donors (Lipinski definition) is 2. The monoisotopic (exact) mass is 300 g/mol. The molecule has 0 atom stereocenters. The number of nitrogens with zero attached hydrogens (tertiary/aromatic N) is 2. The number of hydrogen-bond acceptors (Lipinski definition) is 5. The van der Waals surface area contributed by atoms with Gasteiger partial charge in [-0.15, -0.1) is 0 Å². The molecule has 0 bridgehead atoms. The van der Waals surface area contributed by atoms with Crippen LogP contribution >= 0.6 is 23.2 Å². The number of aromatic nitrogens is 2. The molecule has 8 heteroatoms. The van der Waals surface area contributed by atoms with E-state index >= 15 is 0 Å². The van der Waals surface area contributed by atoms with Crippen LogP contribution in [0.4, 0.5) is 5.82 Å².